The van der Waals surface area contributed by atoms with Gasteiger partial charge in [-0.25, -0.2) is 8.42 Å². The van der Waals surface area contributed by atoms with Crippen LogP contribution in [0.25, 0.3) is 0 Å². The quantitative estimate of drug-likeness (QED) is 0.875. The summed E-state index contributed by atoms with van der Waals surface area (Å²) in [5.41, 5.74) is 6.35. The van der Waals surface area contributed by atoms with E-state index in [1.54, 1.807) is 22.5 Å². The van der Waals surface area contributed by atoms with Crippen LogP contribution in [0.5, 0.6) is 0 Å². The maximum Gasteiger partial charge on any atom is 0.243 e. The summed E-state index contributed by atoms with van der Waals surface area (Å²) in [7, 11) is 0.489. The highest BCUT2D eigenvalue weighted by molar-refractivity contribution is 7.89. The SMILES string of the molecule is CN(C)CC1CCCN1S(=O)(=O)c1ccccc1CN. The van der Waals surface area contributed by atoms with Crippen LogP contribution in [0.1, 0.15) is 18.4 Å². The third-order valence-electron chi connectivity index (χ3n) is 3.68. The second-order valence-corrected chi connectivity index (χ2v) is 7.34. The minimum Gasteiger partial charge on any atom is -0.326 e. The summed E-state index contributed by atoms with van der Waals surface area (Å²) >= 11 is 0. The summed E-state index contributed by atoms with van der Waals surface area (Å²) in [4.78, 5) is 2.39. The first-order chi connectivity index (χ1) is 9.46. The third kappa shape index (κ3) is 3.03. The van der Waals surface area contributed by atoms with Crippen molar-refractivity contribution >= 4 is 10.0 Å². The Morgan fingerprint density at radius 3 is 2.70 bits per heavy atom. The van der Waals surface area contributed by atoms with Crippen LogP contribution in [0.2, 0.25) is 0 Å². The van der Waals surface area contributed by atoms with Gasteiger partial charge >= 0.3 is 0 Å². The average Bonchev–Trinajstić information content (AvgIpc) is 2.86. The molecule has 1 unspecified atom stereocenters. The van der Waals surface area contributed by atoms with E-state index in [4.69, 9.17) is 5.73 Å². The Morgan fingerprint density at radius 1 is 1.35 bits per heavy atom. The molecule has 20 heavy (non-hydrogen) atoms. The Bertz CT molecular complexity index is 557. The van der Waals surface area contributed by atoms with Crippen molar-refractivity contribution in [2.45, 2.75) is 30.3 Å². The highest BCUT2D eigenvalue weighted by Gasteiger charge is 2.36. The van der Waals surface area contributed by atoms with Crippen LogP contribution in [0.3, 0.4) is 0 Å². The van der Waals surface area contributed by atoms with Gasteiger partial charge in [0.2, 0.25) is 10.0 Å². The van der Waals surface area contributed by atoms with Gasteiger partial charge in [0.25, 0.3) is 0 Å². The fourth-order valence-electron chi connectivity index (χ4n) is 2.78. The van der Waals surface area contributed by atoms with E-state index in [2.05, 4.69) is 0 Å². The predicted octanol–water partition coefficient (Wildman–Crippen LogP) is 0.860. The van der Waals surface area contributed by atoms with Gasteiger partial charge in [-0.1, -0.05) is 18.2 Å². The number of hydrogen-bond acceptors (Lipinski definition) is 4. The second-order valence-electron chi connectivity index (χ2n) is 5.49. The Labute approximate surface area is 121 Å². The molecule has 0 spiro atoms. The minimum absolute atomic E-state index is 0.0563. The molecule has 0 aliphatic carbocycles. The Balaban J connectivity index is 2.34. The first kappa shape index (κ1) is 15.4. The maximum absolute atomic E-state index is 12.9. The van der Waals surface area contributed by atoms with Crippen LogP contribution in [-0.4, -0.2) is 50.8 Å². The number of likely N-dealkylation sites (N-methyl/N-ethyl adjacent to an activating group) is 1. The third-order valence-corrected chi connectivity index (χ3v) is 5.73. The zero-order chi connectivity index (χ0) is 14.8. The summed E-state index contributed by atoms with van der Waals surface area (Å²) in [5, 5.41) is 0. The smallest absolute Gasteiger partial charge is 0.243 e. The van der Waals surface area contributed by atoms with Crippen molar-refractivity contribution < 1.29 is 8.42 Å². The number of nitrogens with zero attached hydrogens (tertiary/aromatic N) is 2. The normalized spacial score (nSPS) is 20.7. The van der Waals surface area contributed by atoms with Gasteiger partial charge in [0.15, 0.2) is 0 Å². The molecule has 0 saturated carbocycles. The molecule has 0 bridgehead atoms. The van der Waals surface area contributed by atoms with Gasteiger partial charge in [0.05, 0.1) is 4.90 Å². The number of hydrogen-bond donors (Lipinski definition) is 1. The van der Waals surface area contributed by atoms with Crippen molar-refractivity contribution in [3.8, 4) is 0 Å². The zero-order valence-electron chi connectivity index (χ0n) is 12.1. The van der Waals surface area contributed by atoms with E-state index >= 15 is 0 Å². The number of nitrogens with two attached hydrogens (primary N) is 1. The molecule has 1 aliphatic rings. The van der Waals surface area contributed by atoms with Crippen LogP contribution >= 0.6 is 0 Å². The molecule has 1 aromatic carbocycles. The van der Waals surface area contributed by atoms with Gasteiger partial charge in [-0.2, -0.15) is 4.31 Å². The van der Waals surface area contributed by atoms with E-state index in [1.807, 2.05) is 25.1 Å². The van der Waals surface area contributed by atoms with Gasteiger partial charge in [-0.3, -0.25) is 0 Å². The molecule has 2 rings (SSSR count). The first-order valence-corrected chi connectivity index (χ1v) is 8.35. The first-order valence-electron chi connectivity index (χ1n) is 6.91. The van der Waals surface area contributed by atoms with E-state index in [0.717, 1.165) is 19.4 Å². The number of benzene rings is 1. The van der Waals surface area contributed by atoms with Crippen LogP contribution in [0.15, 0.2) is 29.2 Å². The average molecular weight is 297 g/mol. The predicted molar refractivity (Wildman–Crippen MR) is 79.8 cm³/mol. The molecule has 0 aromatic heterocycles. The van der Waals surface area contributed by atoms with E-state index in [1.165, 1.54) is 0 Å². The van der Waals surface area contributed by atoms with Crippen molar-refractivity contribution in [1.29, 1.82) is 0 Å². The van der Waals surface area contributed by atoms with Gasteiger partial charge < -0.3 is 10.6 Å². The summed E-state index contributed by atoms with van der Waals surface area (Å²) in [5.74, 6) is 0. The zero-order valence-corrected chi connectivity index (χ0v) is 12.9. The van der Waals surface area contributed by atoms with E-state index < -0.39 is 10.0 Å². The molecule has 0 radical (unpaired) electrons. The summed E-state index contributed by atoms with van der Waals surface area (Å²) in [6, 6.07) is 7.07. The van der Waals surface area contributed by atoms with Crippen molar-refractivity contribution in [2.24, 2.45) is 5.73 Å². The monoisotopic (exact) mass is 297 g/mol. The molecular formula is C14H23N3O2S. The largest absolute Gasteiger partial charge is 0.326 e. The lowest BCUT2D eigenvalue weighted by molar-refractivity contribution is 0.291. The Kier molecular flexibility index (Phi) is 4.80. The molecule has 1 aromatic rings. The summed E-state index contributed by atoms with van der Waals surface area (Å²) < 4.78 is 27.4. The lowest BCUT2D eigenvalue weighted by Crippen LogP contribution is -2.41. The lowest BCUT2D eigenvalue weighted by Gasteiger charge is -2.27. The van der Waals surface area contributed by atoms with Gasteiger partial charge in [0.1, 0.15) is 0 Å². The highest BCUT2D eigenvalue weighted by atomic mass is 32.2. The summed E-state index contributed by atoms with van der Waals surface area (Å²) in [6.07, 6.45) is 1.84. The second kappa shape index (κ2) is 6.22. The molecule has 5 nitrogen and oxygen atoms in total. The van der Waals surface area contributed by atoms with Crippen molar-refractivity contribution in [1.82, 2.24) is 9.21 Å². The molecule has 112 valence electrons. The van der Waals surface area contributed by atoms with Gasteiger partial charge in [0, 0.05) is 25.7 Å². The number of rotatable bonds is 5. The minimum atomic E-state index is -3.45. The van der Waals surface area contributed by atoms with E-state index in [9.17, 15) is 8.42 Å². The molecule has 1 heterocycles. The van der Waals surface area contributed by atoms with Crippen LogP contribution in [-0.2, 0) is 16.6 Å². The van der Waals surface area contributed by atoms with Gasteiger partial charge in [-0.05, 0) is 38.6 Å². The number of sulfonamides is 1. The fourth-order valence-corrected chi connectivity index (χ4v) is 4.70. The maximum atomic E-state index is 12.9. The van der Waals surface area contributed by atoms with Crippen molar-refractivity contribution in [3.63, 3.8) is 0 Å². The topological polar surface area (TPSA) is 66.6 Å². The molecule has 0 amide bonds. The van der Waals surface area contributed by atoms with E-state index in [-0.39, 0.29) is 12.6 Å². The van der Waals surface area contributed by atoms with Gasteiger partial charge in [-0.15, -0.1) is 0 Å². The molecule has 1 aliphatic heterocycles. The molecular weight excluding hydrogens is 274 g/mol. The van der Waals surface area contributed by atoms with Crippen LogP contribution in [0.4, 0.5) is 0 Å². The molecule has 1 saturated heterocycles. The van der Waals surface area contributed by atoms with E-state index in [0.29, 0.717) is 17.0 Å². The van der Waals surface area contributed by atoms with Crippen molar-refractivity contribution in [3.05, 3.63) is 29.8 Å². The summed E-state index contributed by atoms with van der Waals surface area (Å²) in [6.45, 7) is 1.59. The standard InChI is InChI=1S/C14H23N3O2S/c1-16(2)11-13-7-5-9-17(13)20(18,19)14-8-4-3-6-12(14)10-15/h3-4,6,8,13H,5,7,9-11,15H2,1-2H3. The highest BCUT2D eigenvalue weighted by Crippen LogP contribution is 2.28. The van der Waals surface area contributed by atoms with Crippen LogP contribution in [0, 0.1) is 0 Å². The molecule has 1 fully saturated rings. The fraction of sp³-hybridized carbons (Fsp3) is 0.571. The van der Waals surface area contributed by atoms with Crippen molar-refractivity contribution in [2.75, 3.05) is 27.2 Å². The van der Waals surface area contributed by atoms with Crippen LogP contribution < -0.4 is 5.73 Å². The molecule has 6 heteroatoms. The molecule has 2 N–H and O–H groups in total. The molecule has 1 atom stereocenters. The lowest BCUT2D eigenvalue weighted by atomic mass is 10.2. The Hall–Kier alpha value is -0.950. The Morgan fingerprint density at radius 2 is 2.05 bits per heavy atom.